The van der Waals surface area contributed by atoms with Crippen LogP contribution in [0.1, 0.15) is 40.7 Å². The zero-order chi connectivity index (χ0) is 23.5. The first-order chi connectivity index (χ1) is 15.6. The molecule has 1 aromatic carbocycles. The van der Waals surface area contributed by atoms with Crippen LogP contribution in [-0.4, -0.2) is 43.6 Å². The topological polar surface area (TPSA) is 84.7 Å². The van der Waals surface area contributed by atoms with E-state index in [2.05, 4.69) is 20.5 Å². The molecule has 1 fully saturated rings. The van der Waals surface area contributed by atoms with E-state index in [4.69, 9.17) is 4.74 Å². The number of nitrogens with zero attached hydrogens (tertiary/aromatic N) is 5. The first-order valence-electron chi connectivity index (χ1n) is 10.6. The molecular weight excluding hydrogens is 437 g/mol. The molecule has 1 N–H and O–H groups in total. The lowest BCUT2D eigenvalue weighted by atomic mass is 9.87. The molecule has 1 saturated heterocycles. The Kier molecular flexibility index (Phi) is 4.85. The summed E-state index contributed by atoms with van der Waals surface area (Å²) in [6.07, 6.45) is -4.42. The Morgan fingerprint density at radius 1 is 1.21 bits per heavy atom. The molecule has 2 aliphatic rings. The van der Waals surface area contributed by atoms with E-state index < -0.39 is 17.2 Å². The van der Waals surface area contributed by atoms with Crippen LogP contribution < -0.4 is 5.32 Å². The highest BCUT2D eigenvalue weighted by atomic mass is 19.4. The number of hydrogen-bond donors (Lipinski definition) is 1. The zero-order valence-corrected chi connectivity index (χ0v) is 18.5. The van der Waals surface area contributed by atoms with Crippen LogP contribution in [0.5, 0.6) is 0 Å². The van der Waals surface area contributed by atoms with Crippen molar-refractivity contribution < 1.29 is 22.7 Å². The fourth-order valence-corrected chi connectivity index (χ4v) is 4.50. The summed E-state index contributed by atoms with van der Waals surface area (Å²) in [6, 6.07) is 4.14. The summed E-state index contributed by atoms with van der Waals surface area (Å²) in [4.78, 5) is 19.4. The Labute approximate surface area is 187 Å². The van der Waals surface area contributed by atoms with Gasteiger partial charge >= 0.3 is 6.18 Å². The van der Waals surface area contributed by atoms with Gasteiger partial charge in [-0.15, -0.1) is 10.2 Å². The Morgan fingerprint density at radius 2 is 1.97 bits per heavy atom. The number of carbonyl (C=O) groups is 1. The SMILES string of the molecule is Cc1c(CNc2nc3nnc(C)n3c3c2CN(C(=O)C2(C)COC2)C3)cccc1C(F)(F)F. The van der Waals surface area contributed by atoms with E-state index in [-0.39, 0.29) is 18.0 Å². The average molecular weight is 460 g/mol. The second-order valence-electron chi connectivity index (χ2n) is 8.92. The zero-order valence-electron chi connectivity index (χ0n) is 18.5. The molecule has 11 heteroatoms. The van der Waals surface area contributed by atoms with E-state index in [9.17, 15) is 18.0 Å². The molecule has 0 atom stereocenters. The molecule has 0 aliphatic carbocycles. The number of alkyl halides is 3. The van der Waals surface area contributed by atoms with Crippen molar-refractivity contribution in [2.45, 2.75) is 46.6 Å². The van der Waals surface area contributed by atoms with Crippen LogP contribution in [0.25, 0.3) is 5.78 Å². The molecule has 0 spiro atoms. The molecule has 0 saturated carbocycles. The van der Waals surface area contributed by atoms with Gasteiger partial charge in [-0.05, 0) is 38.0 Å². The van der Waals surface area contributed by atoms with E-state index >= 15 is 0 Å². The number of nitrogens with one attached hydrogen (secondary N) is 1. The molecule has 0 unspecified atom stereocenters. The third kappa shape index (κ3) is 3.50. The first-order valence-corrected chi connectivity index (χ1v) is 10.6. The second-order valence-corrected chi connectivity index (χ2v) is 8.92. The Hall–Kier alpha value is -3.21. The minimum absolute atomic E-state index is 0.00324. The van der Waals surface area contributed by atoms with Gasteiger partial charge in [-0.1, -0.05) is 12.1 Å². The van der Waals surface area contributed by atoms with E-state index in [1.807, 2.05) is 18.2 Å². The van der Waals surface area contributed by atoms with Gasteiger partial charge in [0.1, 0.15) is 11.6 Å². The number of ether oxygens (including phenoxy) is 1. The number of anilines is 1. The molecule has 2 aromatic heterocycles. The van der Waals surface area contributed by atoms with Crippen molar-refractivity contribution in [3.05, 3.63) is 52.0 Å². The molecule has 0 bridgehead atoms. The first kappa shape index (κ1) is 21.6. The van der Waals surface area contributed by atoms with Crippen LogP contribution in [0.4, 0.5) is 19.0 Å². The summed E-state index contributed by atoms with van der Waals surface area (Å²) in [5, 5.41) is 11.4. The summed E-state index contributed by atoms with van der Waals surface area (Å²) in [7, 11) is 0. The number of halogens is 3. The summed E-state index contributed by atoms with van der Waals surface area (Å²) >= 11 is 0. The highest BCUT2D eigenvalue weighted by molar-refractivity contribution is 5.84. The quantitative estimate of drug-likeness (QED) is 0.644. The summed E-state index contributed by atoms with van der Waals surface area (Å²) in [5.41, 5.74) is 1.15. The number of hydrogen-bond acceptors (Lipinski definition) is 6. The molecule has 0 radical (unpaired) electrons. The number of benzene rings is 1. The average Bonchev–Trinajstić information content (AvgIpc) is 3.33. The molecule has 2 aliphatic heterocycles. The molecule has 5 rings (SSSR count). The molecule has 3 aromatic rings. The Bertz CT molecular complexity index is 1270. The predicted octanol–water partition coefficient (Wildman–Crippen LogP) is 3.25. The van der Waals surface area contributed by atoms with Crippen molar-refractivity contribution >= 4 is 17.5 Å². The van der Waals surface area contributed by atoms with Gasteiger partial charge in [0.2, 0.25) is 5.91 Å². The van der Waals surface area contributed by atoms with Crippen LogP contribution in [0.15, 0.2) is 18.2 Å². The van der Waals surface area contributed by atoms with Crippen molar-refractivity contribution in [2.75, 3.05) is 18.5 Å². The monoisotopic (exact) mass is 460 g/mol. The van der Waals surface area contributed by atoms with Gasteiger partial charge in [-0.2, -0.15) is 18.2 Å². The van der Waals surface area contributed by atoms with Crippen molar-refractivity contribution in [3.8, 4) is 0 Å². The van der Waals surface area contributed by atoms with E-state index in [1.165, 1.54) is 13.0 Å². The molecular formula is C22H23F3N6O2. The summed E-state index contributed by atoms with van der Waals surface area (Å²) in [5.74, 6) is 1.53. The van der Waals surface area contributed by atoms with Gasteiger partial charge < -0.3 is 15.0 Å². The smallest absolute Gasteiger partial charge is 0.379 e. The normalized spacial score (nSPS) is 17.2. The highest BCUT2D eigenvalue weighted by Gasteiger charge is 2.45. The Morgan fingerprint density at radius 3 is 2.64 bits per heavy atom. The van der Waals surface area contributed by atoms with Crippen molar-refractivity contribution in [1.82, 2.24) is 24.5 Å². The van der Waals surface area contributed by atoms with E-state index in [0.29, 0.717) is 49.3 Å². The lowest BCUT2D eigenvalue weighted by Crippen LogP contribution is -2.52. The summed E-state index contributed by atoms with van der Waals surface area (Å²) in [6.45, 7) is 6.80. The largest absolute Gasteiger partial charge is 0.416 e. The lowest BCUT2D eigenvalue weighted by molar-refractivity contribution is -0.169. The number of aryl methyl sites for hydroxylation is 1. The molecule has 33 heavy (non-hydrogen) atoms. The molecule has 8 nitrogen and oxygen atoms in total. The fraction of sp³-hybridized carbons (Fsp3) is 0.455. The molecule has 174 valence electrons. The number of aromatic nitrogens is 4. The van der Waals surface area contributed by atoms with E-state index in [1.54, 1.807) is 11.0 Å². The molecule has 1 amide bonds. The summed E-state index contributed by atoms with van der Waals surface area (Å²) < 4.78 is 47.0. The number of carbonyl (C=O) groups excluding carboxylic acids is 1. The predicted molar refractivity (Wildman–Crippen MR) is 112 cm³/mol. The standard InChI is InChI=1S/C22H23F3N6O2/c1-12-14(5-4-6-16(12)22(23,24)25)7-26-18-15-8-30(19(32)21(3)10-33-11-21)9-17(15)31-13(2)28-29-20(31)27-18/h4-6H,7-11H2,1-3H3,(H,26,27,29). The number of amides is 1. The third-order valence-corrected chi connectivity index (χ3v) is 6.46. The maximum absolute atomic E-state index is 13.3. The van der Waals surface area contributed by atoms with E-state index in [0.717, 1.165) is 17.3 Å². The highest BCUT2D eigenvalue weighted by Crippen LogP contribution is 2.36. The van der Waals surface area contributed by atoms with Crippen molar-refractivity contribution in [2.24, 2.45) is 5.41 Å². The van der Waals surface area contributed by atoms with Crippen LogP contribution in [0, 0.1) is 19.3 Å². The lowest BCUT2D eigenvalue weighted by Gasteiger charge is -2.39. The Balaban J connectivity index is 1.48. The van der Waals surface area contributed by atoms with Crippen LogP contribution in [0.2, 0.25) is 0 Å². The van der Waals surface area contributed by atoms with Gasteiger partial charge in [0, 0.05) is 12.1 Å². The minimum Gasteiger partial charge on any atom is -0.379 e. The van der Waals surface area contributed by atoms with Gasteiger partial charge in [-0.3, -0.25) is 9.20 Å². The number of fused-ring (bicyclic) bond motifs is 3. The minimum atomic E-state index is -4.42. The van der Waals surface area contributed by atoms with Gasteiger partial charge in [0.05, 0.1) is 43.0 Å². The van der Waals surface area contributed by atoms with Gasteiger partial charge in [0.25, 0.3) is 5.78 Å². The van der Waals surface area contributed by atoms with Crippen molar-refractivity contribution in [1.29, 1.82) is 0 Å². The molecule has 4 heterocycles. The van der Waals surface area contributed by atoms with Gasteiger partial charge in [0.15, 0.2) is 0 Å². The van der Waals surface area contributed by atoms with Gasteiger partial charge in [-0.25, -0.2) is 0 Å². The van der Waals surface area contributed by atoms with Crippen LogP contribution in [-0.2, 0) is 35.3 Å². The fourth-order valence-electron chi connectivity index (χ4n) is 4.50. The third-order valence-electron chi connectivity index (χ3n) is 6.46. The maximum atomic E-state index is 13.3. The second kappa shape index (κ2) is 7.41. The maximum Gasteiger partial charge on any atom is 0.416 e. The van der Waals surface area contributed by atoms with Crippen molar-refractivity contribution in [3.63, 3.8) is 0 Å². The van der Waals surface area contributed by atoms with Crippen LogP contribution >= 0.6 is 0 Å². The van der Waals surface area contributed by atoms with Crippen LogP contribution in [0.3, 0.4) is 0 Å². The number of rotatable bonds is 4.